The number of unbranched alkanes of at least 4 members (excludes halogenated alkanes) is 18. The number of ether oxygens (including phenoxy) is 3. The van der Waals surface area contributed by atoms with Crippen molar-refractivity contribution in [2.24, 2.45) is 0 Å². The van der Waals surface area contributed by atoms with E-state index >= 15 is 0 Å². The fourth-order valence-electron chi connectivity index (χ4n) is 3.47. The smallest absolute Gasteiger partial charge is 0.437 e. The first-order valence-electron chi connectivity index (χ1n) is 14.3. The SMILES string of the molecule is CCCCCCCCCCCCO.CCCCCCCCCCCCOC(=O)OCCl.O=C(Cl)OCCl. The van der Waals surface area contributed by atoms with E-state index < -0.39 is 11.6 Å². The van der Waals surface area contributed by atoms with Crippen LogP contribution in [0, 0.1) is 0 Å². The lowest BCUT2D eigenvalue weighted by atomic mass is 10.1. The summed E-state index contributed by atoms with van der Waals surface area (Å²) in [4.78, 5) is 20.3. The minimum absolute atomic E-state index is 0.142. The average Bonchev–Trinajstić information content (AvgIpc) is 2.87. The molecule has 1 N–H and O–H groups in total. The molecule has 0 aliphatic carbocycles. The van der Waals surface area contributed by atoms with Crippen molar-refractivity contribution < 1.29 is 28.9 Å². The van der Waals surface area contributed by atoms with E-state index in [1.165, 1.54) is 109 Å². The van der Waals surface area contributed by atoms with Gasteiger partial charge in [-0.25, -0.2) is 9.59 Å². The van der Waals surface area contributed by atoms with Crippen molar-refractivity contribution in [3.63, 3.8) is 0 Å². The molecular formula is C28H55Cl3O6. The van der Waals surface area contributed by atoms with Crippen molar-refractivity contribution >= 4 is 46.4 Å². The highest BCUT2D eigenvalue weighted by Crippen LogP contribution is 2.11. The number of carbonyl (C=O) groups is 2. The van der Waals surface area contributed by atoms with Gasteiger partial charge >= 0.3 is 11.6 Å². The number of carbonyl (C=O) groups excluding carboxylic acids is 2. The molecule has 0 spiro atoms. The summed E-state index contributed by atoms with van der Waals surface area (Å²) in [6.45, 7) is 5.31. The maximum atomic E-state index is 10.8. The van der Waals surface area contributed by atoms with Gasteiger partial charge in [-0.3, -0.25) is 0 Å². The van der Waals surface area contributed by atoms with Gasteiger partial charge in [-0.1, -0.05) is 153 Å². The maximum absolute atomic E-state index is 10.8. The molecular weight excluding hydrogens is 539 g/mol. The second kappa shape index (κ2) is 40.1. The van der Waals surface area contributed by atoms with Crippen LogP contribution >= 0.6 is 34.8 Å². The monoisotopic (exact) mass is 592 g/mol. The van der Waals surface area contributed by atoms with Crippen LogP contribution in [-0.4, -0.2) is 42.0 Å². The average molecular weight is 594 g/mol. The van der Waals surface area contributed by atoms with Crippen LogP contribution < -0.4 is 0 Å². The number of rotatable bonds is 23. The molecule has 37 heavy (non-hydrogen) atoms. The topological polar surface area (TPSA) is 82.1 Å². The molecule has 0 aromatic carbocycles. The highest BCUT2D eigenvalue weighted by atomic mass is 35.5. The Bertz CT molecular complexity index is 432. The molecule has 0 heterocycles. The van der Waals surface area contributed by atoms with Crippen molar-refractivity contribution in [2.75, 3.05) is 25.3 Å². The lowest BCUT2D eigenvalue weighted by Gasteiger charge is -2.04. The molecule has 0 aromatic heterocycles. The van der Waals surface area contributed by atoms with Crippen LogP contribution in [0.1, 0.15) is 142 Å². The number of aliphatic hydroxyl groups is 1. The summed E-state index contributed by atoms with van der Waals surface area (Å²) < 4.78 is 13.2. The van der Waals surface area contributed by atoms with Gasteiger partial charge in [0.2, 0.25) is 0 Å². The van der Waals surface area contributed by atoms with Crippen LogP contribution in [0.25, 0.3) is 0 Å². The number of halogens is 3. The second-order valence-electron chi connectivity index (χ2n) is 8.93. The summed E-state index contributed by atoms with van der Waals surface area (Å²) in [7, 11) is 0. The van der Waals surface area contributed by atoms with Gasteiger partial charge in [0.1, 0.15) is 0 Å². The van der Waals surface area contributed by atoms with Gasteiger partial charge in [-0.2, -0.15) is 0 Å². The van der Waals surface area contributed by atoms with Gasteiger partial charge in [-0.05, 0) is 12.8 Å². The zero-order valence-corrected chi connectivity index (χ0v) is 25.9. The molecule has 0 radical (unpaired) electrons. The summed E-state index contributed by atoms with van der Waals surface area (Å²) in [6, 6.07) is -0.320. The van der Waals surface area contributed by atoms with Crippen LogP contribution in [0.5, 0.6) is 0 Å². The Kier molecular flexibility index (Phi) is 44.5. The first kappa shape index (κ1) is 41.1. The summed E-state index contributed by atoms with van der Waals surface area (Å²) in [5.74, 6) is 0. The van der Waals surface area contributed by atoms with E-state index in [-0.39, 0.29) is 12.1 Å². The molecule has 0 amide bonds. The molecule has 0 atom stereocenters. The second-order valence-corrected chi connectivity index (χ2v) is 9.68. The lowest BCUT2D eigenvalue weighted by Crippen LogP contribution is -2.07. The standard InChI is InChI=1S/C14H27ClO3.C12H26O.C2H2Cl2O2/c1-2-3-4-5-6-7-8-9-10-11-12-17-14(16)18-13-15;1-2-3-4-5-6-7-8-9-10-11-12-13;3-1-6-2(4)5/h2-13H2,1H3;13H,2-12H2,1H3;1H2. The van der Waals surface area contributed by atoms with Crippen LogP contribution in [0.3, 0.4) is 0 Å². The summed E-state index contributed by atoms with van der Waals surface area (Å²) >= 11 is 14.7. The Labute approximate surface area is 242 Å². The summed E-state index contributed by atoms with van der Waals surface area (Å²) in [5.41, 5.74) is -0.870. The Hall–Kier alpha value is -0.430. The molecule has 0 saturated carbocycles. The summed E-state index contributed by atoms with van der Waals surface area (Å²) in [5, 5.41) is 8.57. The predicted octanol–water partition coefficient (Wildman–Crippen LogP) is 10.7. The third-order valence-corrected chi connectivity index (χ3v) is 5.90. The molecule has 0 aliphatic rings. The highest BCUT2D eigenvalue weighted by molar-refractivity contribution is 6.61. The van der Waals surface area contributed by atoms with Gasteiger partial charge in [0, 0.05) is 18.2 Å². The van der Waals surface area contributed by atoms with E-state index in [1.54, 1.807) is 0 Å². The minimum atomic E-state index is -0.870. The fourth-order valence-corrected chi connectivity index (χ4v) is 3.77. The van der Waals surface area contributed by atoms with E-state index in [0.29, 0.717) is 13.2 Å². The van der Waals surface area contributed by atoms with E-state index in [4.69, 9.17) is 33.0 Å². The van der Waals surface area contributed by atoms with Crippen LogP contribution in [0.2, 0.25) is 0 Å². The van der Waals surface area contributed by atoms with E-state index in [0.717, 1.165) is 19.3 Å². The van der Waals surface area contributed by atoms with Crippen molar-refractivity contribution in [2.45, 2.75) is 142 Å². The Morgan fingerprint density at radius 1 is 0.541 bits per heavy atom. The molecule has 0 unspecified atom stereocenters. The van der Waals surface area contributed by atoms with Crippen molar-refractivity contribution in [1.29, 1.82) is 0 Å². The van der Waals surface area contributed by atoms with Crippen LogP contribution in [0.4, 0.5) is 9.59 Å². The molecule has 0 fully saturated rings. The predicted molar refractivity (Wildman–Crippen MR) is 157 cm³/mol. The number of alkyl halides is 2. The molecule has 0 rings (SSSR count). The number of hydrogen-bond donors (Lipinski definition) is 1. The molecule has 0 aliphatic heterocycles. The Morgan fingerprint density at radius 2 is 0.892 bits per heavy atom. The quantitative estimate of drug-likeness (QED) is 0.0549. The summed E-state index contributed by atoms with van der Waals surface area (Å²) in [6.07, 6.45) is 25.3. The molecule has 6 nitrogen and oxygen atoms in total. The first-order chi connectivity index (χ1) is 18.0. The molecule has 0 saturated heterocycles. The third kappa shape index (κ3) is 49.1. The molecule has 0 bridgehead atoms. The zero-order chi connectivity index (χ0) is 28.2. The molecule has 9 heteroatoms. The normalized spacial score (nSPS) is 10.0. The van der Waals surface area contributed by atoms with Crippen LogP contribution in [0.15, 0.2) is 0 Å². The first-order valence-corrected chi connectivity index (χ1v) is 15.8. The molecule has 224 valence electrons. The van der Waals surface area contributed by atoms with Gasteiger partial charge in [0.15, 0.2) is 12.1 Å². The van der Waals surface area contributed by atoms with Gasteiger partial charge in [-0.15, -0.1) is 0 Å². The van der Waals surface area contributed by atoms with Gasteiger partial charge in [0.25, 0.3) is 0 Å². The largest absolute Gasteiger partial charge is 0.509 e. The Balaban J connectivity index is -0.000000529. The lowest BCUT2D eigenvalue weighted by molar-refractivity contribution is 0.0664. The number of hydrogen-bond acceptors (Lipinski definition) is 6. The van der Waals surface area contributed by atoms with E-state index in [2.05, 4.69) is 34.9 Å². The Morgan fingerprint density at radius 3 is 1.19 bits per heavy atom. The highest BCUT2D eigenvalue weighted by Gasteiger charge is 2.01. The molecule has 0 aromatic rings. The zero-order valence-electron chi connectivity index (χ0n) is 23.6. The van der Waals surface area contributed by atoms with Crippen molar-refractivity contribution in [3.8, 4) is 0 Å². The van der Waals surface area contributed by atoms with Crippen molar-refractivity contribution in [1.82, 2.24) is 0 Å². The van der Waals surface area contributed by atoms with E-state index in [1.807, 2.05) is 0 Å². The maximum Gasteiger partial charge on any atom is 0.509 e. The fraction of sp³-hybridized carbons (Fsp3) is 0.929. The van der Waals surface area contributed by atoms with Gasteiger partial charge < -0.3 is 19.3 Å². The van der Waals surface area contributed by atoms with Gasteiger partial charge in [0.05, 0.1) is 6.61 Å². The third-order valence-electron chi connectivity index (χ3n) is 5.57. The van der Waals surface area contributed by atoms with Crippen LogP contribution in [-0.2, 0) is 14.2 Å². The number of aliphatic hydroxyl groups excluding tert-OH is 1. The van der Waals surface area contributed by atoms with Crippen molar-refractivity contribution in [3.05, 3.63) is 0 Å². The minimum Gasteiger partial charge on any atom is -0.437 e. The van der Waals surface area contributed by atoms with E-state index in [9.17, 15) is 9.59 Å².